The van der Waals surface area contributed by atoms with Gasteiger partial charge in [-0.3, -0.25) is 9.78 Å². The Bertz CT molecular complexity index is 299. The monoisotopic (exact) mass is 166 g/mol. The van der Waals surface area contributed by atoms with Gasteiger partial charge in [-0.05, 0) is 24.6 Å². The lowest BCUT2D eigenvalue weighted by Gasteiger charge is -2.05. The van der Waals surface area contributed by atoms with E-state index in [-0.39, 0.29) is 0 Å². The molecule has 1 aromatic heterocycles. The first kappa shape index (κ1) is 8.67. The predicted molar refractivity (Wildman–Crippen MR) is 43.5 cm³/mol. The molecule has 0 fully saturated rings. The number of nitrogens with zero attached hydrogens (tertiary/aromatic N) is 1. The number of carbonyl (C=O) groups is 1. The van der Waals surface area contributed by atoms with Crippen molar-refractivity contribution in [3.8, 4) is 0 Å². The molecule has 1 unspecified atom stereocenters. The van der Waals surface area contributed by atoms with Gasteiger partial charge in [-0.2, -0.15) is 0 Å². The van der Waals surface area contributed by atoms with Gasteiger partial charge in [-0.1, -0.05) is 0 Å². The number of hydrogen-bond acceptors (Lipinski definition) is 3. The molecule has 0 aromatic carbocycles. The van der Waals surface area contributed by atoms with Gasteiger partial charge in [0.2, 0.25) is 0 Å². The molecule has 4 heteroatoms. The molecule has 0 amide bonds. The van der Waals surface area contributed by atoms with E-state index in [4.69, 9.17) is 10.8 Å². The van der Waals surface area contributed by atoms with Crippen LogP contribution in [0, 0.1) is 6.92 Å². The standard InChI is InChI=1S/C8H10N2O2/c1-5-2-3-10-6(4-5)7(9)8(11)12/h2-4,7H,9H2,1H3,(H,11,12). The highest BCUT2D eigenvalue weighted by molar-refractivity contribution is 5.74. The van der Waals surface area contributed by atoms with Gasteiger partial charge in [0, 0.05) is 6.20 Å². The highest BCUT2D eigenvalue weighted by Crippen LogP contribution is 2.08. The van der Waals surface area contributed by atoms with Gasteiger partial charge >= 0.3 is 5.97 Å². The summed E-state index contributed by atoms with van der Waals surface area (Å²) in [6.07, 6.45) is 1.55. The summed E-state index contributed by atoms with van der Waals surface area (Å²) in [5.41, 5.74) is 6.69. The molecule has 4 nitrogen and oxygen atoms in total. The fourth-order valence-electron chi connectivity index (χ4n) is 0.856. The molecule has 3 N–H and O–H groups in total. The van der Waals surface area contributed by atoms with Crippen molar-refractivity contribution in [2.45, 2.75) is 13.0 Å². The lowest BCUT2D eigenvalue weighted by molar-refractivity contribution is -0.138. The van der Waals surface area contributed by atoms with Gasteiger partial charge in [0.15, 0.2) is 0 Å². The second kappa shape index (κ2) is 3.32. The molecule has 0 aliphatic carbocycles. The average molecular weight is 166 g/mol. The minimum absolute atomic E-state index is 0.391. The van der Waals surface area contributed by atoms with E-state index < -0.39 is 12.0 Å². The van der Waals surface area contributed by atoms with Crippen molar-refractivity contribution in [2.24, 2.45) is 5.73 Å². The Morgan fingerprint density at radius 3 is 2.92 bits per heavy atom. The van der Waals surface area contributed by atoms with E-state index in [1.807, 2.05) is 6.92 Å². The van der Waals surface area contributed by atoms with E-state index in [1.54, 1.807) is 18.3 Å². The van der Waals surface area contributed by atoms with Crippen LogP contribution in [0.3, 0.4) is 0 Å². The minimum atomic E-state index is -1.06. The predicted octanol–water partition coefficient (Wildman–Crippen LogP) is 0.474. The molecule has 1 rings (SSSR count). The van der Waals surface area contributed by atoms with Gasteiger partial charge in [0.25, 0.3) is 0 Å². The molecular formula is C8H10N2O2. The van der Waals surface area contributed by atoms with E-state index in [0.717, 1.165) is 5.56 Å². The number of carboxylic acid groups (broad SMARTS) is 1. The van der Waals surface area contributed by atoms with Crippen LogP contribution in [0.4, 0.5) is 0 Å². The Hall–Kier alpha value is -1.42. The van der Waals surface area contributed by atoms with E-state index >= 15 is 0 Å². The van der Waals surface area contributed by atoms with Crippen molar-refractivity contribution in [3.63, 3.8) is 0 Å². The van der Waals surface area contributed by atoms with Crippen LogP contribution >= 0.6 is 0 Å². The SMILES string of the molecule is Cc1ccnc(C(N)C(=O)O)c1. The second-order valence-corrected chi connectivity index (χ2v) is 2.57. The third-order valence-corrected chi connectivity index (χ3v) is 1.52. The number of rotatable bonds is 2. The maximum atomic E-state index is 10.4. The summed E-state index contributed by atoms with van der Waals surface area (Å²) in [6, 6.07) is 2.43. The summed E-state index contributed by atoms with van der Waals surface area (Å²) in [5, 5.41) is 8.56. The highest BCUT2D eigenvalue weighted by atomic mass is 16.4. The van der Waals surface area contributed by atoms with Gasteiger partial charge in [0.1, 0.15) is 6.04 Å². The third-order valence-electron chi connectivity index (χ3n) is 1.52. The number of carboxylic acids is 1. The molecule has 0 radical (unpaired) electrons. The van der Waals surface area contributed by atoms with E-state index in [2.05, 4.69) is 4.98 Å². The molecule has 0 aliphatic heterocycles. The maximum Gasteiger partial charge on any atom is 0.326 e. The van der Waals surface area contributed by atoms with Crippen LogP contribution in [0.5, 0.6) is 0 Å². The van der Waals surface area contributed by atoms with Crippen molar-refractivity contribution in [1.82, 2.24) is 4.98 Å². The van der Waals surface area contributed by atoms with Crippen LogP contribution in [0.15, 0.2) is 18.3 Å². The first-order chi connectivity index (χ1) is 5.61. The van der Waals surface area contributed by atoms with Crippen LogP contribution in [0.25, 0.3) is 0 Å². The van der Waals surface area contributed by atoms with Crippen LogP contribution in [-0.2, 0) is 4.79 Å². The number of aryl methyl sites for hydroxylation is 1. The molecule has 12 heavy (non-hydrogen) atoms. The summed E-state index contributed by atoms with van der Waals surface area (Å²) in [6.45, 7) is 1.86. The number of aliphatic carboxylic acids is 1. The Kier molecular flexibility index (Phi) is 2.40. The van der Waals surface area contributed by atoms with Crippen LogP contribution < -0.4 is 5.73 Å². The lowest BCUT2D eigenvalue weighted by Crippen LogP contribution is -2.21. The topological polar surface area (TPSA) is 76.2 Å². The molecule has 0 saturated heterocycles. The van der Waals surface area contributed by atoms with E-state index in [9.17, 15) is 4.79 Å². The number of aromatic nitrogens is 1. The zero-order valence-corrected chi connectivity index (χ0v) is 6.69. The summed E-state index contributed by atoms with van der Waals surface area (Å²) >= 11 is 0. The molecule has 1 heterocycles. The zero-order valence-electron chi connectivity index (χ0n) is 6.69. The summed E-state index contributed by atoms with van der Waals surface area (Å²) in [5.74, 6) is -1.06. The smallest absolute Gasteiger partial charge is 0.326 e. The van der Waals surface area contributed by atoms with Crippen molar-refractivity contribution in [2.75, 3.05) is 0 Å². The molecule has 1 aromatic rings. The van der Waals surface area contributed by atoms with Gasteiger partial charge in [-0.25, -0.2) is 0 Å². The molecule has 0 bridgehead atoms. The van der Waals surface area contributed by atoms with Crippen molar-refractivity contribution in [1.29, 1.82) is 0 Å². The fraction of sp³-hybridized carbons (Fsp3) is 0.250. The Balaban J connectivity index is 2.95. The first-order valence-electron chi connectivity index (χ1n) is 3.52. The number of pyridine rings is 1. The lowest BCUT2D eigenvalue weighted by atomic mass is 10.1. The zero-order chi connectivity index (χ0) is 9.14. The summed E-state index contributed by atoms with van der Waals surface area (Å²) in [4.78, 5) is 14.3. The Labute approximate surface area is 70.0 Å². The quantitative estimate of drug-likeness (QED) is 0.669. The fourth-order valence-corrected chi connectivity index (χ4v) is 0.856. The molecule has 0 aliphatic rings. The summed E-state index contributed by atoms with van der Waals surface area (Å²) in [7, 11) is 0. The van der Waals surface area contributed by atoms with Crippen molar-refractivity contribution in [3.05, 3.63) is 29.6 Å². The van der Waals surface area contributed by atoms with Crippen LogP contribution in [0.2, 0.25) is 0 Å². The number of hydrogen-bond donors (Lipinski definition) is 2. The second-order valence-electron chi connectivity index (χ2n) is 2.57. The molecule has 0 saturated carbocycles. The molecule has 64 valence electrons. The first-order valence-corrected chi connectivity index (χ1v) is 3.52. The maximum absolute atomic E-state index is 10.4. The normalized spacial score (nSPS) is 12.5. The Morgan fingerprint density at radius 2 is 2.42 bits per heavy atom. The van der Waals surface area contributed by atoms with Crippen LogP contribution in [-0.4, -0.2) is 16.1 Å². The number of nitrogens with two attached hydrogens (primary N) is 1. The summed E-state index contributed by atoms with van der Waals surface area (Å²) < 4.78 is 0. The van der Waals surface area contributed by atoms with Crippen molar-refractivity contribution < 1.29 is 9.90 Å². The largest absolute Gasteiger partial charge is 0.480 e. The third kappa shape index (κ3) is 1.79. The van der Waals surface area contributed by atoms with E-state index in [0.29, 0.717) is 5.69 Å². The molecule has 0 spiro atoms. The van der Waals surface area contributed by atoms with Gasteiger partial charge in [-0.15, -0.1) is 0 Å². The average Bonchev–Trinajstić information content (AvgIpc) is 2.03. The Morgan fingerprint density at radius 1 is 1.75 bits per heavy atom. The molecule has 1 atom stereocenters. The molecular weight excluding hydrogens is 156 g/mol. The van der Waals surface area contributed by atoms with Crippen LogP contribution in [0.1, 0.15) is 17.3 Å². The van der Waals surface area contributed by atoms with Crippen molar-refractivity contribution >= 4 is 5.97 Å². The van der Waals surface area contributed by atoms with Gasteiger partial charge < -0.3 is 10.8 Å². The van der Waals surface area contributed by atoms with Gasteiger partial charge in [0.05, 0.1) is 5.69 Å². The minimum Gasteiger partial charge on any atom is -0.480 e. The van der Waals surface area contributed by atoms with E-state index in [1.165, 1.54) is 0 Å². The highest BCUT2D eigenvalue weighted by Gasteiger charge is 2.14.